The van der Waals surface area contributed by atoms with E-state index in [4.69, 9.17) is 0 Å². The van der Waals surface area contributed by atoms with Gasteiger partial charge in [0.1, 0.15) is 0 Å². The number of likely N-dealkylation sites (tertiary alicyclic amines) is 1. The van der Waals surface area contributed by atoms with E-state index in [0.29, 0.717) is 0 Å². The Hall–Kier alpha value is -0.860. The smallest absolute Gasteiger partial charge is 0.00187 e. The number of piperidine rings is 1. The molecule has 0 aromatic heterocycles. The zero-order chi connectivity index (χ0) is 12.8. The minimum atomic E-state index is 0.848. The van der Waals surface area contributed by atoms with Gasteiger partial charge >= 0.3 is 0 Å². The first-order valence-electron chi connectivity index (χ1n) is 7.19. The summed E-state index contributed by atoms with van der Waals surface area (Å²) in [5.41, 5.74) is 2.89. The first kappa shape index (κ1) is 13.6. The molecule has 1 N–H and O–H groups in total. The number of benzene rings is 1. The van der Waals surface area contributed by atoms with Crippen LogP contribution in [0.1, 0.15) is 24.0 Å². The van der Waals surface area contributed by atoms with Gasteiger partial charge in [0.05, 0.1) is 0 Å². The van der Waals surface area contributed by atoms with Crippen LogP contribution in [0.5, 0.6) is 0 Å². The number of hydrogen-bond donors (Lipinski definition) is 1. The van der Waals surface area contributed by atoms with Crippen LogP contribution in [0.3, 0.4) is 0 Å². The lowest BCUT2D eigenvalue weighted by molar-refractivity contribution is 0.206. The van der Waals surface area contributed by atoms with E-state index in [9.17, 15) is 0 Å². The molecule has 1 aliphatic rings. The van der Waals surface area contributed by atoms with Crippen LogP contribution in [0.15, 0.2) is 24.3 Å². The first-order chi connectivity index (χ1) is 8.75. The third-order valence-electron chi connectivity index (χ3n) is 3.99. The first-order valence-corrected chi connectivity index (χ1v) is 7.19. The molecule has 2 nitrogen and oxygen atoms in total. The maximum Gasteiger partial charge on any atom is 0.00187 e. The maximum absolute atomic E-state index is 3.62. The molecule has 1 atom stereocenters. The number of hydrogen-bond acceptors (Lipinski definition) is 2. The lowest BCUT2D eigenvalue weighted by atomic mass is 9.98. The quantitative estimate of drug-likeness (QED) is 0.803. The van der Waals surface area contributed by atoms with Gasteiger partial charge < -0.3 is 10.2 Å². The molecule has 1 unspecified atom stereocenters. The molecule has 0 radical (unpaired) electrons. The van der Waals surface area contributed by atoms with E-state index in [-0.39, 0.29) is 0 Å². The fourth-order valence-corrected chi connectivity index (χ4v) is 2.86. The van der Waals surface area contributed by atoms with Crippen molar-refractivity contribution in [2.24, 2.45) is 5.92 Å². The van der Waals surface area contributed by atoms with Gasteiger partial charge in [0.25, 0.3) is 0 Å². The van der Waals surface area contributed by atoms with Gasteiger partial charge in [0, 0.05) is 6.54 Å². The third kappa shape index (κ3) is 4.11. The van der Waals surface area contributed by atoms with E-state index >= 15 is 0 Å². The standard InChI is InChI=1S/C16H26N2/c1-14-6-3-4-8-16(14)9-10-17-12-15-7-5-11-18(2)13-15/h3-4,6,8,15,17H,5,7,9-13H2,1-2H3. The molecule has 2 heteroatoms. The average molecular weight is 246 g/mol. The van der Waals surface area contributed by atoms with Crippen LogP contribution in [-0.2, 0) is 6.42 Å². The van der Waals surface area contributed by atoms with Crippen molar-refractivity contribution in [1.29, 1.82) is 0 Å². The Labute approximate surface area is 111 Å². The predicted octanol–water partition coefficient (Wildman–Crippen LogP) is 2.47. The molecule has 1 aromatic rings. The molecular weight excluding hydrogens is 220 g/mol. The van der Waals surface area contributed by atoms with Crippen LogP contribution in [0.25, 0.3) is 0 Å². The largest absolute Gasteiger partial charge is 0.316 e. The Kier molecular flexibility index (Phi) is 5.21. The molecule has 1 heterocycles. The SMILES string of the molecule is Cc1ccccc1CCNCC1CCCN(C)C1. The zero-order valence-electron chi connectivity index (χ0n) is 11.8. The van der Waals surface area contributed by atoms with Crippen LogP contribution < -0.4 is 5.32 Å². The topological polar surface area (TPSA) is 15.3 Å². The van der Waals surface area contributed by atoms with E-state index in [2.05, 4.69) is 48.5 Å². The van der Waals surface area contributed by atoms with E-state index in [1.54, 1.807) is 0 Å². The van der Waals surface area contributed by atoms with Crippen molar-refractivity contribution in [1.82, 2.24) is 10.2 Å². The Balaban J connectivity index is 1.65. The molecule has 2 rings (SSSR count). The average Bonchev–Trinajstić information content (AvgIpc) is 2.37. The van der Waals surface area contributed by atoms with E-state index in [1.807, 2.05) is 0 Å². The van der Waals surface area contributed by atoms with E-state index < -0.39 is 0 Å². The van der Waals surface area contributed by atoms with Crippen molar-refractivity contribution in [2.45, 2.75) is 26.2 Å². The second-order valence-corrected chi connectivity index (χ2v) is 5.65. The minimum absolute atomic E-state index is 0.848. The molecule has 0 amide bonds. The minimum Gasteiger partial charge on any atom is -0.316 e. The molecule has 0 spiro atoms. The Morgan fingerprint density at radius 2 is 2.17 bits per heavy atom. The monoisotopic (exact) mass is 246 g/mol. The van der Waals surface area contributed by atoms with Crippen LogP contribution in [0.2, 0.25) is 0 Å². The molecule has 0 bridgehead atoms. The van der Waals surface area contributed by atoms with Crippen LogP contribution >= 0.6 is 0 Å². The van der Waals surface area contributed by atoms with Crippen molar-refractivity contribution in [3.63, 3.8) is 0 Å². The highest BCUT2D eigenvalue weighted by Gasteiger charge is 2.16. The highest BCUT2D eigenvalue weighted by molar-refractivity contribution is 5.25. The molecule has 0 aliphatic carbocycles. The van der Waals surface area contributed by atoms with Gasteiger partial charge in [-0.25, -0.2) is 0 Å². The summed E-state index contributed by atoms with van der Waals surface area (Å²) in [4.78, 5) is 2.46. The molecule has 100 valence electrons. The van der Waals surface area contributed by atoms with Gasteiger partial charge in [0.15, 0.2) is 0 Å². The van der Waals surface area contributed by atoms with E-state index in [0.717, 1.165) is 18.9 Å². The Morgan fingerprint density at radius 1 is 1.33 bits per heavy atom. The number of aryl methyl sites for hydroxylation is 1. The zero-order valence-corrected chi connectivity index (χ0v) is 11.8. The van der Waals surface area contributed by atoms with Gasteiger partial charge in [-0.1, -0.05) is 24.3 Å². The lowest BCUT2D eigenvalue weighted by Gasteiger charge is -2.29. The summed E-state index contributed by atoms with van der Waals surface area (Å²) in [6.07, 6.45) is 3.90. The van der Waals surface area contributed by atoms with Gasteiger partial charge in [0.2, 0.25) is 0 Å². The van der Waals surface area contributed by atoms with Crippen LogP contribution in [0, 0.1) is 12.8 Å². The summed E-state index contributed by atoms with van der Waals surface area (Å²) in [5, 5.41) is 3.62. The fraction of sp³-hybridized carbons (Fsp3) is 0.625. The van der Waals surface area contributed by atoms with Gasteiger partial charge in [-0.2, -0.15) is 0 Å². The fourth-order valence-electron chi connectivity index (χ4n) is 2.86. The van der Waals surface area contributed by atoms with E-state index in [1.165, 1.54) is 43.6 Å². The van der Waals surface area contributed by atoms with Crippen LogP contribution in [-0.4, -0.2) is 38.1 Å². The van der Waals surface area contributed by atoms with Crippen molar-refractivity contribution in [3.05, 3.63) is 35.4 Å². The van der Waals surface area contributed by atoms with Gasteiger partial charge in [-0.05, 0) is 69.9 Å². The Bertz CT molecular complexity index is 362. The predicted molar refractivity (Wildman–Crippen MR) is 78.0 cm³/mol. The van der Waals surface area contributed by atoms with Crippen molar-refractivity contribution < 1.29 is 0 Å². The summed E-state index contributed by atoms with van der Waals surface area (Å²) in [6, 6.07) is 8.69. The number of nitrogens with one attached hydrogen (secondary N) is 1. The molecule has 1 saturated heterocycles. The van der Waals surface area contributed by atoms with Crippen molar-refractivity contribution in [3.8, 4) is 0 Å². The molecule has 0 saturated carbocycles. The molecule has 18 heavy (non-hydrogen) atoms. The van der Waals surface area contributed by atoms with Gasteiger partial charge in [-0.15, -0.1) is 0 Å². The van der Waals surface area contributed by atoms with Crippen LogP contribution in [0.4, 0.5) is 0 Å². The number of nitrogens with zero attached hydrogens (tertiary/aromatic N) is 1. The summed E-state index contributed by atoms with van der Waals surface area (Å²) in [5.74, 6) is 0.848. The molecule has 1 aliphatic heterocycles. The van der Waals surface area contributed by atoms with Crippen molar-refractivity contribution >= 4 is 0 Å². The van der Waals surface area contributed by atoms with Gasteiger partial charge in [-0.3, -0.25) is 0 Å². The summed E-state index contributed by atoms with van der Waals surface area (Å²) >= 11 is 0. The molecule has 1 aromatic carbocycles. The molecule has 1 fully saturated rings. The Morgan fingerprint density at radius 3 is 2.94 bits per heavy atom. The lowest BCUT2D eigenvalue weighted by Crippen LogP contribution is -2.37. The summed E-state index contributed by atoms with van der Waals surface area (Å²) in [7, 11) is 2.24. The molecular formula is C16H26N2. The maximum atomic E-state index is 3.62. The highest BCUT2D eigenvalue weighted by Crippen LogP contribution is 2.14. The summed E-state index contributed by atoms with van der Waals surface area (Å²) < 4.78 is 0. The highest BCUT2D eigenvalue weighted by atomic mass is 15.1. The van der Waals surface area contributed by atoms with Crippen molar-refractivity contribution in [2.75, 3.05) is 33.2 Å². The third-order valence-corrected chi connectivity index (χ3v) is 3.99. The normalized spacial score (nSPS) is 21.1. The second kappa shape index (κ2) is 6.91. The second-order valence-electron chi connectivity index (χ2n) is 5.65. The number of rotatable bonds is 5. The summed E-state index contributed by atoms with van der Waals surface area (Å²) in [6.45, 7) is 7.02.